The SMILES string of the molecule is Cc1cc(C(=O)N2CCC(C)(CN)C2)c2c(C)[nH]nc2n1.Cl.Cl. The van der Waals surface area contributed by atoms with E-state index in [2.05, 4.69) is 22.1 Å². The largest absolute Gasteiger partial charge is 0.338 e. The van der Waals surface area contributed by atoms with Crippen molar-refractivity contribution in [3.05, 3.63) is 23.0 Å². The molecule has 1 aliphatic heterocycles. The average molecular weight is 360 g/mol. The lowest BCUT2D eigenvalue weighted by Gasteiger charge is -2.22. The Hall–Kier alpha value is -1.37. The number of aromatic nitrogens is 3. The van der Waals surface area contributed by atoms with Gasteiger partial charge in [0.25, 0.3) is 5.91 Å². The van der Waals surface area contributed by atoms with Crippen molar-refractivity contribution in [1.82, 2.24) is 20.1 Å². The Morgan fingerprint density at radius 2 is 2.13 bits per heavy atom. The number of nitrogens with one attached hydrogen (secondary N) is 1. The van der Waals surface area contributed by atoms with Gasteiger partial charge >= 0.3 is 0 Å². The number of nitrogens with zero attached hydrogens (tertiary/aromatic N) is 3. The molecule has 1 atom stereocenters. The van der Waals surface area contributed by atoms with Gasteiger partial charge in [0.1, 0.15) is 0 Å². The van der Waals surface area contributed by atoms with Gasteiger partial charge in [-0.15, -0.1) is 24.8 Å². The highest BCUT2D eigenvalue weighted by Crippen LogP contribution is 2.31. The number of nitrogens with two attached hydrogens (primary N) is 1. The van der Waals surface area contributed by atoms with Crippen LogP contribution in [0.25, 0.3) is 11.0 Å². The highest BCUT2D eigenvalue weighted by atomic mass is 35.5. The van der Waals surface area contributed by atoms with Gasteiger partial charge in [-0.05, 0) is 38.3 Å². The summed E-state index contributed by atoms with van der Waals surface area (Å²) < 4.78 is 0. The molecule has 3 heterocycles. The second kappa shape index (κ2) is 7.03. The minimum atomic E-state index is 0. The van der Waals surface area contributed by atoms with E-state index in [-0.39, 0.29) is 36.1 Å². The Bertz CT molecular complexity index is 717. The number of likely N-dealkylation sites (tertiary alicyclic amines) is 1. The lowest BCUT2D eigenvalue weighted by Crippen LogP contribution is -2.34. The van der Waals surface area contributed by atoms with Gasteiger partial charge in [-0.25, -0.2) is 4.98 Å². The molecule has 2 aromatic rings. The number of carbonyl (C=O) groups excluding carboxylic acids is 1. The normalized spacial score (nSPS) is 20.3. The van der Waals surface area contributed by atoms with Crippen LogP contribution < -0.4 is 5.73 Å². The van der Waals surface area contributed by atoms with Crippen LogP contribution in [0.2, 0.25) is 0 Å². The summed E-state index contributed by atoms with van der Waals surface area (Å²) >= 11 is 0. The van der Waals surface area contributed by atoms with Crippen molar-refractivity contribution in [3.63, 3.8) is 0 Å². The molecule has 0 spiro atoms. The van der Waals surface area contributed by atoms with Gasteiger partial charge in [-0.1, -0.05) is 6.92 Å². The molecule has 1 unspecified atom stereocenters. The van der Waals surface area contributed by atoms with E-state index >= 15 is 0 Å². The zero-order chi connectivity index (χ0) is 15.2. The molecule has 23 heavy (non-hydrogen) atoms. The Labute approximate surface area is 148 Å². The summed E-state index contributed by atoms with van der Waals surface area (Å²) in [5, 5.41) is 7.91. The molecule has 8 heteroatoms. The summed E-state index contributed by atoms with van der Waals surface area (Å²) in [6, 6.07) is 1.85. The highest BCUT2D eigenvalue weighted by molar-refractivity contribution is 6.06. The first-order valence-electron chi connectivity index (χ1n) is 7.25. The van der Waals surface area contributed by atoms with E-state index in [1.807, 2.05) is 24.8 Å². The van der Waals surface area contributed by atoms with E-state index in [1.165, 1.54) is 0 Å². The number of H-pyrrole nitrogens is 1. The molecule has 0 aliphatic carbocycles. The fraction of sp³-hybridized carbons (Fsp3) is 0.533. The fourth-order valence-corrected chi connectivity index (χ4v) is 3.00. The predicted molar refractivity (Wildman–Crippen MR) is 95.5 cm³/mol. The van der Waals surface area contributed by atoms with Crippen LogP contribution in [0.15, 0.2) is 6.07 Å². The molecule has 6 nitrogen and oxygen atoms in total. The maximum absolute atomic E-state index is 12.9. The lowest BCUT2D eigenvalue weighted by atomic mass is 9.90. The number of hydrogen-bond donors (Lipinski definition) is 2. The van der Waals surface area contributed by atoms with E-state index in [9.17, 15) is 4.79 Å². The first-order valence-corrected chi connectivity index (χ1v) is 7.25. The number of hydrogen-bond acceptors (Lipinski definition) is 4. The number of aryl methyl sites for hydroxylation is 2. The number of pyridine rings is 1. The van der Waals surface area contributed by atoms with Gasteiger partial charge in [0, 0.05) is 24.5 Å². The zero-order valence-electron chi connectivity index (χ0n) is 13.5. The standard InChI is InChI=1S/C15H21N5O.2ClH/c1-9-6-11(12-10(2)18-19-13(12)17-9)14(21)20-5-4-15(3,7-16)8-20;;/h6H,4-5,7-8,16H2,1-3H3,(H,17,18,19);2*1H. The van der Waals surface area contributed by atoms with Crippen molar-refractivity contribution in [2.24, 2.45) is 11.1 Å². The molecule has 1 amide bonds. The van der Waals surface area contributed by atoms with Crippen LogP contribution in [-0.4, -0.2) is 45.6 Å². The van der Waals surface area contributed by atoms with Crippen LogP contribution in [-0.2, 0) is 0 Å². The second-order valence-corrected chi connectivity index (χ2v) is 6.35. The minimum absolute atomic E-state index is 0. The molecule has 0 saturated carbocycles. The molecule has 3 rings (SSSR count). The molecule has 1 fully saturated rings. The molecule has 0 radical (unpaired) electrons. The van der Waals surface area contributed by atoms with Gasteiger partial charge < -0.3 is 10.6 Å². The maximum atomic E-state index is 12.9. The molecule has 0 aromatic carbocycles. The Morgan fingerprint density at radius 3 is 2.74 bits per heavy atom. The van der Waals surface area contributed by atoms with E-state index < -0.39 is 0 Å². The summed E-state index contributed by atoms with van der Waals surface area (Å²) in [4.78, 5) is 19.2. The number of rotatable bonds is 2. The number of fused-ring (bicyclic) bond motifs is 1. The van der Waals surface area contributed by atoms with Crippen LogP contribution in [0.1, 0.15) is 35.1 Å². The van der Waals surface area contributed by atoms with E-state index in [4.69, 9.17) is 5.73 Å². The summed E-state index contributed by atoms with van der Waals surface area (Å²) in [5.74, 6) is 0.0483. The van der Waals surface area contributed by atoms with Crippen LogP contribution >= 0.6 is 24.8 Å². The number of halogens is 2. The van der Waals surface area contributed by atoms with Crippen LogP contribution in [0.4, 0.5) is 0 Å². The molecular formula is C15H23Cl2N5O. The third-order valence-corrected chi connectivity index (χ3v) is 4.40. The van der Waals surface area contributed by atoms with Gasteiger partial charge in [0.15, 0.2) is 5.65 Å². The molecule has 2 aromatic heterocycles. The predicted octanol–water partition coefficient (Wildman–Crippen LogP) is 2.23. The Balaban J connectivity index is 0.00000132. The first kappa shape index (κ1) is 19.7. The molecule has 1 aliphatic rings. The van der Waals surface area contributed by atoms with Crippen molar-refractivity contribution < 1.29 is 4.79 Å². The molecule has 3 N–H and O–H groups in total. The van der Waals surface area contributed by atoms with Crippen LogP contribution in [0.3, 0.4) is 0 Å². The lowest BCUT2D eigenvalue weighted by molar-refractivity contribution is 0.0778. The van der Waals surface area contributed by atoms with Gasteiger partial charge in [-0.2, -0.15) is 5.10 Å². The maximum Gasteiger partial charge on any atom is 0.254 e. The van der Waals surface area contributed by atoms with Crippen molar-refractivity contribution in [2.75, 3.05) is 19.6 Å². The van der Waals surface area contributed by atoms with Crippen LogP contribution in [0, 0.1) is 19.3 Å². The monoisotopic (exact) mass is 359 g/mol. The number of amides is 1. The molecule has 0 bridgehead atoms. The van der Waals surface area contributed by atoms with Crippen molar-refractivity contribution >= 4 is 41.8 Å². The van der Waals surface area contributed by atoms with E-state index in [0.29, 0.717) is 24.3 Å². The van der Waals surface area contributed by atoms with Crippen molar-refractivity contribution in [2.45, 2.75) is 27.2 Å². The smallest absolute Gasteiger partial charge is 0.254 e. The quantitative estimate of drug-likeness (QED) is 0.860. The number of aromatic amines is 1. The van der Waals surface area contributed by atoms with Crippen molar-refractivity contribution in [3.8, 4) is 0 Å². The van der Waals surface area contributed by atoms with Crippen LogP contribution in [0.5, 0.6) is 0 Å². The van der Waals surface area contributed by atoms with E-state index in [1.54, 1.807) is 0 Å². The zero-order valence-corrected chi connectivity index (χ0v) is 15.2. The Kier molecular flexibility index (Phi) is 6.01. The summed E-state index contributed by atoms with van der Waals surface area (Å²) in [5.41, 5.74) is 8.83. The topological polar surface area (TPSA) is 87.9 Å². The van der Waals surface area contributed by atoms with Gasteiger partial charge in [0.05, 0.1) is 10.9 Å². The summed E-state index contributed by atoms with van der Waals surface area (Å²) in [7, 11) is 0. The molecule has 1 saturated heterocycles. The van der Waals surface area contributed by atoms with E-state index in [0.717, 1.165) is 29.7 Å². The minimum Gasteiger partial charge on any atom is -0.338 e. The van der Waals surface area contributed by atoms with Gasteiger partial charge in [0.2, 0.25) is 0 Å². The molecular weight excluding hydrogens is 337 g/mol. The third-order valence-electron chi connectivity index (χ3n) is 4.40. The fourth-order valence-electron chi connectivity index (χ4n) is 3.00. The van der Waals surface area contributed by atoms with Gasteiger partial charge in [-0.3, -0.25) is 9.89 Å². The average Bonchev–Trinajstić information content (AvgIpc) is 3.02. The highest BCUT2D eigenvalue weighted by Gasteiger charge is 2.35. The molecule has 128 valence electrons. The number of carbonyl (C=O) groups is 1. The summed E-state index contributed by atoms with van der Waals surface area (Å²) in [6.45, 7) is 8.00. The third kappa shape index (κ3) is 3.44. The summed E-state index contributed by atoms with van der Waals surface area (Å²) in [6.07, 6.45) is 0.951. The Morgan fingerprint density at radius 1 is 1.43 bits per heavy atom. The second-order valence-electron chi connectivity index (χ2n) is 6.35. The van der Waals surface area contributed by atoms with Crippen molar-refractivity contribution in [1.29, 1.82) is 0 Å². The first-order chi connectivity index (χ1) is 9.93.